The third kappa shape index (κ3) is 3.89. The molecule has 3 amide bonds. The number of nitrogens with zero attached hydrogens (tertiary/aromatic N) is 2. The van der Waals surface area contributed by atoms with Gasteiger partial charge in [0, 0.05) is 36.8 Å². The van der Waals surface area contributed by atoms with Crippen molar-refractivity contribution in [1.82, 2.24) is 9.80 Å². The van der Waals surface area contributed by atoms with Crippen LogP contribution in [-0.4, -0.2) is 55.1 Å². The van der Waals surface area contributed by atoms with Gasteiger partial charge in [0.1, 0.15) is 5.75 Å². The van der Waals surface area contributed by atoms with Gasteiger partial charge in [-0.2, -0.15) is 8.42 Å². The van der Waals surface area contributed by atoms with Crippen molar-refractivity contribution in [3.63, 3.8) is 0 Å². The molecule has 0 unspecified atom stereocenters. The number of amides is 3. The summed E-state index contributed by atoms with van der Waals surface area (Å²) in [5.41, 5.74) is 0.410. The first kappa shape index (κ1) is 19.6. The van der Waals surface area contributed by atoms with Crippen LogP contribution in [0.25, 0.3) is 0 Å². The summed E-state index contributed by atoms with van der Waals surface area (Å²) < 4.78 is 37.7. The molecule has 10 heteroatoms. The van der Waals surface area contributed by atoms with E-state index in [1.54, 1.807) is 4.90 Å². The fourth-order valence-electron chi connectivity index (χ4n) is 4.44. The van der Waals surface area contributed by atoms with E-state index in [2.05, 4.69) is 4.18 Å². The molecule has 0 atom stereocenters. The molecule has 2 heterocycles. The monoisotopic (exact) mass is 422 g/mol. The van der Waals surface area contributed by atoms with Gasteiger partial charge in [0.15, 0.2) is 0 Å². The van der Waals surface area contributed by atoms with Crippen LogP contribution in [0.2, 0.25) is 0 Å². The van der Waals surface area contributed by atoms with Crippen molar-refractivity contribution in [2.75, 3.05) is 13.1 Å². The summed E-state index contributed by atoms with van der Waals surface area (Å²) in [7, 11) is -5.10. The van der Waals surface area contributed by atoms with E-state index in [1.807, 2.05) is 0 Å². The molecule has 4 rings (SSSR count). The molecular weight excluding hydrogens is 403 g/mol. The van der Waals surface area contributed by atoms with Gasteiger partial charge in [-0.15, -0.1) is 0 Å². The maximum atomic E-state index is 12.7. The van der Waals surface area contributed by atoms with Crippen LogP contribution in [0.1, 0.15) is 36.0 Å². The lowest BCUT2D eigenvalue weighted by molar-refractivity contribution is -0.146. The quantitative estimate of drug-likeness (QED) is 0.540. The number of likely N-dealkylation sites (tertiary alicyclic amines) is 1. The molecule has 1 aliphatic carbocycles. The zero-order valence-electron chi connectivity index (χ0n) is 15.4. The van der Waals surface area contributed by atoms with Crippen LogP contribution in [0.15, 0.2) is 36.4 Å². The summed E-state index contributed by atoms with van der Waals surface area (Å²) in [5.74, 6) is -0.909. The Morgan fingerprint density at radius 1 is 1.03 bits per heavy atom. The second-order valence-corrected chi connectivity index (χ2v) is 8.69. The highest BCUT2D eigenvalue weighted by Crippen LogP contribution is 2.51. The summed E-state index contributed by atoms with van der Waals surface area (Å²) >= 11 is 0. The molecule has 2 aliphatic heterocycles. The first-order chi connectivity index (χ1) is 13.7. The molecule has 1 spiro atoms. The summed E-state index contributed by atoms with van der Waals surface area (Å²) in [6.45, 7) is 1.12. The summed E-state index contributed by atoms with van der Waals surface area (Å²) in [4.78, 5) is 39.3. The Morgan fingerprint density at radius 2 is 1.59 bits per heavy atom. The summed E-state index contributed by atoms with van der Waals surface area (Å²) in [6, 6.07) is 5.18. The van der Waals surface area contributed by atoms with Gasteiger partial charge in [0.2, 0.25) is 0 Å². The minimum Gasteiger partial charge on any atom is -0.358 e. The average molecular weight is 422 g/mol. The Hall–Kier alpha value is -2.75. The lowest BCUT2D eigenvalue weighted by atomic mass is 9.60. The van der Waals surface area contributed by atoms with Crippen molar-refractivity contribution < 1.29 is 30.9 Å². The Kier molecular flexibility index (Phi) is 4.68. The highest BCUT2D eigenvalue weighted by Gasteiger charge is 2.50. The van der Waals surface area contributed by atoms with Crippen LogP contribution in [-0.2, 0) is 20.1 Å². The molecule has 1 saturated carbocycles. The van der Waals surface area contributed by atoms with Crippen LogP contribution in [0, 0.1) is 5.41 Å². The predicted octanol–water partition coefficient (Wildman–Crippen LogP) is 1.59. The molecule has 2 fully saturated rings. The van der Waals surface area contributed by atoms with Crippen molar-refractivity contribution >= 4 is 28.2 Å². The third-order valence-corrected chi connectivity index (χ3v) is 6.35. The fourth-order valence-corrected chi connectivity index (χ4v) is 4.78. The van der Waals surface area contributed by atoms with Crippen molar-refractivity contribution in [2.24, 2.45) is 5.41 Å². The minimum absolute atomic E-state index is 0.0534. The number of hydrogen-bond donors (Lipinski definition) is 0. The van der Waals surface area contributed by atoms with Gasteiger partial charge in [-0.25, -0.2) is 0 Å². The van der Waals surface area contributed by atoms with Crippen molar-refractivity contribution in [2.45, 2.75) is 31.7 Å². The van der Waals surface area contributed by atoms with Crippen molar-refractivity contribution in [3.8, 4) is 5.75 Å². The SMILES string of the molecule is O=C(c1ccc(OS(=O)(=O)F)cc1)N1CCC2(CC1)CC(N1C(=O)C=CC1=O)C2. The number of piperidine rings is 1. The van der Waals surface area contributed by atoms with E-state index in [4.69, 9.17) is 0 Å². The molecular formula is C19H19FN2O6S. The van der Waals surface area contributed by atoms with Gasteiger partial charge >= 0.3 is 10.5 Å². The first-order valence-corrected chi connectivity index (χ1v) is 10.6. The Morgan fingerprint density at radius 3 is 2.10 bits per heavy atom. The normalized spacial score (nSPS) is 21.6. The molecule has 1 saturated heterocycles. The maximum Gasteiger partial charge on any atom is 0.488 e. The number of imide groups is 1. The minimum atomic E-state index is -5.10. The van der Waals surface area contributed by atoms with Gasteiger partial charge in [-0.05, 0) is 55.4 Å². The van der Waals surface area contributed by atoms with Crippen LogP contribution in [0.3, 0.4) is 0 Å². The van der Waals surface area contributed by atoms with Crippen LogP contribution >= 0.6 is 0 Å². The summed E-state index contributed by atoms with van der Waals surface area (Å²) in [5, 5.41) is 0. The Balaban J connectivity index is 1.31. The van der Waals surface area contributed by atoms with E-state index in [-0.39, 0.29) is 34.9 Å². The predicted molar refractivity (Wildman–Crippen MR) is 98.7 cm³/mol. The third-order valence-electron chi connectivity index (χ3n) is 5.95. The molecule has 1 aromatic rings. The Labute approximate surface area is 167 Å². The molecule has 0 aromatic heterocycles. The van der Waals surface area contributed by atoms with Gasteiger partial charge < -0.3 is 9.08 Å². The lowest BCUT2D eigenvalue weighted by Gasteiger charge is -2.54. The van der Waals surface area contributed by atoms with Crippen molar-refractivity contribution in [3.05, 3.63) is 42.0 Å². The number of hydrogen-bond acceptors (Lipinski definition) is 6. The molecule has 1 aromatic carbocycles. The molecule has 8 nitrogen and oxygen atoms in total. The van der Waals surface area contributed by atoms with Gasteiger partial charge in [0.05, 0.1) is 0 Å². The van der Waals surface area contributed by atoms with Crippen LogP contribution in [0.5, 0.6) is 5.75 Å². The highest BCUT2D eigenvalue weighted by molar-refractivity contribution is 7.81. The second kappa shape index (κ2) is 6.94. The second-order valence-electron chi connectivity index (χ2n) is 7.73. The molecule has 0 radical (unpaired) electrons. The smallest absolute Gasteiger partial charge is 0.358 e. The van der Waals surface area contributed by atoms with Gasteiger partial charge in [-0.1, -0.05) is 3.89 Å². The summed E-state index contributed by atoms with van der Waals surface area (Å²) in [6.07, 6.45) is 5.71. The zero-order valence-corrected chi connectivity index (χ0v) is 16.2. The van der Waals surface area contributed by atoms with E-state index < -0.39 is 10.5 Å². The molecule has 154 valence electrons. The molecule has 3 aliphatic rings. The fraction of sp³-hybridized carbons (Fsp3) is 0.421. The van der Waals surface area contributed by atoms with E-state index in [0.29, 0.717) is 18.7 Å². The number of halogens is 1. The largest absolute Gasteiger partial charge is 0.488 e. The van der Waals surface area contributed by atoms with Crippen LogP contribution in [0.4, 0.5) is 3.89 Å². The maximum absolute atomic E-state index is 12.7. The number of rotatable bonds is 4. The zero-order chi connectivity index (χ0) is 20.8. The lowest BCUT2D eigenvalue weighted by Crippen LogP contribution is -2.56. The molecule has 0 N–H and O–H groups in total. The Bertz CT molecular complexity index is 970. The first-order valence-electron chi connectivity index (χ1n) is 9.25. The number of benzene rings is 1. The van der Waals surface area contributed by atoms with Crippen molar-refractivity contribution in [1.29, 1.82) is 0 Å². The van der Waals surface area contributed by atoms with E-state index >= 15 is 0 Å². The van der Waals surface area contributed by atoms with E-state index in [0.717, 1.165) is 25.7 Å². The van der Waals surface area contributed by atoms with Gasteiger partial charge in [0.25, 0.3) is 17.7 Å². The highest BCUT2D eigenvalue weighted by atomic mass is 32.3. The van der Waals surface area contributed by atoms with E-state index in [1.165, 1.54) is 41.3 Å². The average Bonchev–Trinajstić information content (AvgIpc) is 2.97. The molecule has 0 bridgehead atoms. The number of carbonyl (C=O) groups excluding carboxylic acids is 3. The van der Waals surface area contributed by atoms with Crippen LogP contribution < -0.4 is 4.18 Å². The number of carbonyl (C=O) groups is 3. The van der Waals surface area contributed by atoms with Gasteiger partial charge in [-0.3, -0.25) is 19.3 Å². The topological polar surface area (TPSA) is 101 Å². The standard InChI is InChI=1S/C19H19FN2O6S/c20-29(26,27)28-15-3-1-13(2-4-15)18(25)21-9-7-19(8-10-21)11-14(12-19)22-16(23)5-6-17(22)24/h1-6,14H,7-12H2. The van der Waals surface area contributed by atoms with E-state index in [9.17, 15) is 26.7 Å². The molecule has 29 heavy (non-hydrogen) atoms.